The van der Waals surface area contributed by atoms with Crippen LogP contribution < -0.4 is 5.32 Å². The number of aliphatic carboxylic acids is 1. The fourth-order valence-corrected chi connectivity index (χ4v) is 3.19. The zero-order valence-electron chi connectivity index (χ0n) is 12.8. The monoisotopic (exact) mass is 295 g/mol. The first kappa shape index (κ1) is 17.1. The molecule has 1 aromatic rings. The van der Waals surface area contributed by atoms with Crippen LogP contribution in [0, 0.1) is 13.8 Å². The van der Waals surface area contributed by atoms with Crippen LogP contribution >= 0.6 is 11.8 Å². The van der Waals surface area contributed by atoms with E-state index >= 15 is 0 Å². The van der Waals surface area contributed by atoms with Crippen molar-refractivity contribution in [2.45, 2.75) is 51.0 Å². The summed E-state index contributed by atoms with van der Waals surface area (Å²) in [5.41, 5.74) is 1.76. The Bertz CT molecular complexity index is 462. The number of aryl methyl sites for hydroxylation is 2. The molecule has 0 bridgehead atoms. The molecule has 4 heteroatoms. The predicted molar refractivity (Wildman–Crippen MR) is 85.6 cm³/mol. The Hall–Kier alpha value is -1.00. The van der Waals surface area contributed by atoms with E-state index in [9.17, 15) is 9.90 Å². The second kappa shape index (κ2) is 7.70. The van der Waals surface area contributed by atoms with Crippen molar-refractivity contribution < 1.29 is 9.90 Å². The van der Waals surface area contributed by atoms with Crippen molar-refractivity contribution >= 4 is 17.7 Å². The molecule has 0 amide bonds. The standard InChI is InChI=1S/C16H25NO2S/c1-5-17-16(4,15(18)19)9-6-10-20-14-8-7-12(2)11-13(14)3/h7-8,11,17H,5-6,9-10H2,1-4H3,(H,18,19). The van der Waals surface area contributed by atoms with Crippen molar-refractivity contribution in [1.29, 1.82) is 0 Å². The molecular weight excluding hydrogens is 270 g/mol. The van der Waals surface area contributed by atoms with Crippen molar-refractivity contribution in [2.24, 2.45) is 0 Å². The van der Waals surface area contributed by atoms with Crippen LogP contribution in [0.25, 0.3) is 0 Å². The van der Waals surface area contributed by atoms with Gasteiger partial charge in [-0.25, -0.2) is 0 Å². The second-order valence-electron chi connectivity index (χ2n) is 5.39. The first-order chi connectivity index (χ1) is 9.39. The summed E-state index contributed by atoms with van der Waals surface area (Å²) in [6.07, 6.45) is 1.53. The summed E-state index contributed by atoms with van der Waals surface area (Å²) in [6.45, 7) is 8.59. The van der Waals surface area contributed by atoms with Gasteiger partial charge in [0.15, 0.2) is 0 Å². The fraction of sp³-hybridized carbons (Fsp3) is 0.562. The Morgan fingerprint density at radius 1 is 1.40 bits per heavy atom. The van der Waals surface area contributed by atoms with E-state index in [1.807, 2.05) is 6.92 Å². The Balaban J connectivity index is 2.46. The van der Waals surface area contributed by atoms with E-state index in [0.717, 1.165) is 12.2 Å². The van der Waals surface area contributed by atoms with E-state index in [1.54, 1.807) is 18.7 Å². The van der Waals surface area contributed by atoms with Crippen LogP contribution in [0.3, 0.4) is 0 Å². The lowest BCUT2D eigenvalue weighted by molar-refractivity contribution is -0.144. The van der Waals surface area contributed by atoms with Crippen molar-refractivity contribution in [3.05, 3.63) is 29.3 Å². The molecule has 0 fully saturated rings. The van der Waals surface area contributed by atoms with Crippen molar-refractivity contribution in [1.82, 2.24) is 5.32 Å². The largest absolute Gasteiger partial charge is 0.480 e. The first-order valence-electron chi connectivity index (χ1n) is 7.07. The van der Waals surface area contributed by atoms with Gasteiger partial charge in [-0.05, 0) is 57.5 Å². The smallest absolute Gasteiger partial charge is 0.323 e. The van der Waals surface area contributed by atoms with E-state index in [2.05, 4.69) is 37.4 Å². The number of thioether (sulfide) groups is 1. The summed E-state index contributed by atoms with van der Waals surface area (Å²) < 4.78 is 0. The molecule has 1 aromatic carbocycles. The molecule has 112 valence electrons. The summed E-state index contributed by atoms with van der Waals surface area (Å²) in [5, 5.41) is 12.4. The molecule has 0 aliphatic heterocycles. The number of likely N-dealkylation sites (N-methyl/N-ethyl adjacent to an activating group) is 1. The molecule has 0 saturated heterocycles. The molecule has 1 unspecified atom stereocenters. The SMILES string of the molecule is CCNC(C)(CCCSc1ccc(C)cc1C)C(=O)O. The average molecular weight is 295 g/mol. The maximum absolute atomic E-state index is 11.3. The van der Waals surface area contributed by atoms with Crippen molar-refractivity contribution in [2.75, 3.05) is 12.3 Å². The number of hydrogen-bond acceptors (Lipinski definition) is 3. The van der Waals surface area contributed by atoms with Crippen LogP contribution in [0.2, 0.25) is 0 Å². The van der Waals surface area contributed by atoms with Gasteiger partial charge in [-0.15, -0.1) is 11.8 Å². The summed E-state index contributed by atoms with van der Waals surface area (Å²) in [5.74, 6) is 0.175. The number of rotatable bonds is 8. The third-order valence-electron chi connectivity index (χ3n) is 3.45. The average Bonchev–Trinajstić information content (AvgIpc) is 2.37. The Kier molecular flexibility index (Phi) is 6.56. The Morgan fingerprint density at radius 3 is 2.65 bits per heavy atom. The Labute approximate surface area is 126 Å². The quantitative estimate of drug-likeness (QED) is 0.568. The number of nitrogens with one attached hydrogen (secondary N) is 1. The highest BCUT2D eigenvalue weighted by Gasteiger charge is 2.31. The molecule has 0 aromatic heterocycles. The maximum atomic E-state index is 11.3. The minimum atomic E-state index is -0.808. The van der Waals surface area contributed by atoms with Gasteiger partial charge in [0.1, 0.15) is 5.54 Å². The van der Waals surface area contributed by atoms with Crippen molar-refractivity contribution in [3.8, 4) is 0 Å². The van der Waals surface area contributed by atoms with Gasteiger partial charge in [-0.1, -0.05) is 24.6 Å². The number of hydrogen-bond donors (Lipinski definition) is 2. The second-order valence-corrected chi connectivity index (χ2v) is 6.53. The van der Waals surface area contributed by atoms with Crippen LogP contribution in [-0.2, 0) is 4.79 Å². The van der Waals surface area contributed by atoms with Gasteiger partial charge in [0.05, 0.1) is 0 Å². The number of carboxylic acid groups (broad SMARTS) is 1. The molecule has 3 nitrogen and oxygen atoms in total. The van der Waals surface area contributed by atoms with E-state index in [1.165, 1.54) is 16.0 Å². The molecular formula is C16H25NO2S. The summed E-state index contributed by atoms with van der Waals surface area (Å²) in [4.78, 5) is 12.6. The van der Waals surface area contributed by atoms with Gasteiger partial charge in [0.25, 0.3) is 0 Å². The van der Waals surface area contributed by atoms with Crippen LogP contribution in [0.15, 0.2) is 23.1 Å². The zero-order valence-corrected chi connectivity index (χ0v) is 13.6. The normalized spacial score (nSPS) is 14.0. The number of carbonyl (C=O) groups is 1. The van der Waals surface area contributed by atoms with Gasteiger partial charge in [0.2, 0.25) is 0 Å². The number of benzene rings is 1. The number of carboxylic acids is 1. The molecule has 0 radical (unpaired) electrons. The van der Waals surface area contributed by atoms with E-state index < -0.39 is 11.5 Å². The topological polar surface area (TPSA) is 49.3 Å². The van der Waals surface area contributed by atoms with E-state index in [-0.39, 0.29) is 0 Å². The van der Waals surface area contributed by atoms with E-state index in [4.69, 9.17) is 0 Å². The summed E-state index contributed by atoms with van der Waals surface area (Å²) >= 11 is 1.81. The molecule has 0 aliphatic rings. The summed E-state index contributed by atoms with van der Waals surface area (Å²) in [6, 6.07) is 6.45. The zero-order chi connectivity index (χ0) is 15.2. The highest BCUT2D eigenvalue weighted by atomic mass is 32.2. The van der Waals surface area contributed by atoms with Crippen LogP contribution in [0.1, 0.15) is 37.8 Å². The maximum Gasteiger partial charge on any atom is 0.323 e. The fourth-order valence-electron chi connectivity index (χ4n) is 2.23. The lowest BCUT2D eigenvalue weighted by atomic mass is 9.96. The van der Waals surface area contributed by atoms with Gasteiger partial charge in [-0.3, -0.25) is 4.79 Å². The predicted octanol–water partition coefficient (Wildman–Crippen LogP) is 3.63. The third kappa shape index (κ3) is 4.84. The molecule has 1 rings (SSSR count). The summed E-state index contributed by atoms with van der Waals surface area (Å²) in [7, 11) is 0. The molecule has 0 aliphatic carbocycles. The van der Waals surface area contributed by atoms with E-state index in [0.29, 0.717) is 13.0 Å². The molecule has 0 saturated carbocycles. The Morgan fingerprint density at radius 2 is 2.10 bits per heavy atom. The van der Waals surface area contributed by atoms with Gasteiger partial charge < -0.3 is 10.4 Å². The van der Waals surface area contributed by atoms with Crippen molar-refractivity contribution in [3.63, 3.8) is 0 Å². The van der Waals surface area contributed by atoms with Gasteiger partial charge in [0, 0.05) is 4.90 Å². The molecule has 20 heavy (non-hydrogen) atoms. The van der Waals surface area contributed by atoms with Gasteiger partial charge >= 0.3 is 5.97 Å². The van der Waals surface area contributed by atoms with Crippen LogP contribution in [0.4, 0.5) is 0 Å². The molecule has 0 spiro atoms. The van der Waals surface area contributed by atoms with Gasteiger partial charge in [-0.2, -0.15) is 0 Å². The minimum Gasteiger partial charge on any atom is -0.480 e. The minimum absolute atomic E-state index is 0.647. The molecule has 0 heterocycles. The van der Waals surface area contributed by atoms with Crippen LogP contribution in [0.5, 0.6) is 0 Å². The van der Waals surface area contributed by atoms with Crippen LogP contribution in [-0.4, -0.2) is 28.9 Å². The third-order valence-corrected chi connectivity index (χ3v) is 4.71. The lowest BCUT2D eigenvalue weighted by Crippen LogP contribution is -2.49. The lowest BCUT2D eigenvalue weighted by Gasteiger charge is -2.25. The molecule has 1 atom stereocenters. The first-order valence-corrected chi connectivity index (χ1v) is 8.06. The highest BCUT2D eigenvalue weighted by Crippen LogP contribution is 2.25. The molecule has 2 N–H and O–H groups in total. The highest BCUT2D eigenvalue weighted by molar-refractivity contribution is 7.99.